The second kappa shape index (κ2) is 7.10. The van der Waals surface area contributed by atoms with E-state index in [1.54, 1.807) is 0 Å². The molecule has 0 aromatic heterocycles. The molecule has 0 heterocycles. The number of benzene rings is 3. The fraction of sp³-hybridized carbons (Fsp3) is 0.190. The Hall–Kier alpha value is -2.61. The van der Waals surface area contributed by atoms with Crippen LogP contribution in [0.4, 0.5) is 0 Å². The molecule has 0 fully saturated rings. The first-order valence-electron chi connectivity index (χ1n) is 8.01. The molecule has 1 N–H and O–H groups in total. The summed E-state index contributed by atoms with van der Waals surface area (Å²) in [6.07, 6.45) is 1.28. The topological polar surface area (TPSA) is 29.1 Å². The molecule has 0 unspecified atom stereocenters. The third-order valence-electron chi connectivity index (χ3n) is 4.11. The minimum absolute atomic E-state index is 0.0958. The maximum Gasteiger partial charge on any atom is 0.220 e. The van der Waals surface area contributed by atoms with Crippen LogP contribution in [0.2, 0.25) is 0 Å². The molecule has 3 rings (SSSR count). The van der Waals surface area contributed by atoms with Crippen molar-refractivity contribution in [3.63, 3.8) is 0 Å². The van der Waals surface area contributed by atoms with Crippen molar-refractivity contribution in [2.45, 2.75) is 26.3 Å². The van der Waals surface area contributed by atoms with Gasteiger partial charge in [0, 0.05) is 13.0 Å². The van der Waals surface area contributed by atoms with Crippen LogP contribution in [0.1, 0.15) is 23.1 Å². The normalized spacial score (nSPS) is 10.7. The van der Waals surface area contributed by atoms with Gasteiger partial charge in [-0.25, -0.2) is 0 Å². The summed E-state index contributed by atoms with van der Waals surface area (Å²) in [6, 6.07) is 22.8. The predicted octanol–water partition coefficient (Wildman–Crippen LogP) is 4.40. The van der Waals surface area contributed by atoms with E-state index < -0.39 is 0 Å². The van der Waals surface area contributed by atoms with Crippen LogP contribution >= 0.6 is 0 Å². The van der Waals surface area contributed by atoms with Crippen LogP contribution in [0, 0.1) is 6.92 Å². The van der Waals surface area contributed by atoms with Crippen LogP contribution in [-0.4, -0.2) is 5.91 Å². The van der Waals surface area contributed by atoms with Crippen LogP contribution in [-0.2, 0) is 17.8 Å². The van der Waals surface area contributed by atoms with Gasteiger partial charge in [0.05, 0.1) is 0 Å². The molecule has 0 radical (unpaired) electrons. The molecule has 3 aromatic carbocycles. The van der Waals surface area contributed by atoms with E-state index in [0.29, 0.717) is 13.0 Å². The number of aryl methyl sites for hydroxylation is 2. The summed E-state index contributed by atoms with van der Waals surface area (Å²) >= 11 is 0. The van der Waals surface area contributed by atoms with Gasteiger partial charge in [-0.05, 0) is 35.2 Å². The largest absolute Gasteiger partial charge is 0.352 e. The first kappa shape index (κ1) is 15.3. The molecule has 2 nitrogen and oxygen atoms in total. The fourth-order valence-corrected chi connectivity index (χ4v) is 2.75. The lowest BCUT2D eigenvalue weighted by Crippen LogP contribution is -2.23. The first-order valence-corrected chi connectivity index (χ1v) is 8.01. The number of hydrogen-bond donors (Lipinski definition) is 1. The standard InChI is InChI=1S/C21H21NO/c1-16-9-11-17(12-10-16)15-22-21(23)14-13-19-7-4-6-18-5-2-3-8-20(18)19/h2-12H,13-15H2,1H3,(H,22,23). The molecular formula is C21H21NO. The average Bonchev–Trinajstić information content (AvgIpc) is 2.59. The van der Waals surface area contributed by atoms with E-state index in [2.05, 4.69) is 66.8 Å². The van der Waals surface area contributed by atoms with Gasteiger partial charge in [-0.2, -0.15) is 0 Å². The van der Waals surface area contributed by atoms with Crippen LogP contribution in [0.3, 0.4) is 0 Å². The van der Waals surface area contributed by atoms with Crippen molar-refractivity contribution in [2.24, 2.45) is 0 Å². The minimum Gasteiger partial charge on any atom is -0.352 e. The third-order valence-corrected chi connectivity index (χ3v) is 4.11. The van der Waals surface area contributed by atoms with Gasteiger partial charge in [0.1, 0.15) is 0 Å². The van der Waals surface area contributed by atoms with Crippen LogP contribution in [0.25, 0.3) is 10.8 Å². The minimum atomic E-state index is 0.0958. The Labute approximate surface area is 137 Å². The summed E-state index contributed by atoms with van der Waals surface area (Å²) in [5, 5.41) is 5.46. The van der Waals surface area contributed by atoms with Gasteiger partial charge in [-0.3, -0.25) is 4.79 Å². The zero-order chi connectivity index (χ0) is 16.1. The maximum absolute atomic E-state index is 12.1. The van der Waals surface area contributed by atoms with Gasteiger partial charge in [0.25, 0.3) is 0 Å². The molecule has 0 saturated heterocycles. The van der Waals surface area contributed by atoms with Gasteiger partial charge in [0.2, 0.25) is 5.91 Å². The molecule has 0 bridgehead atoms. The highest BCUT2D eigenvalue weighted by Gasteiger charge is 2.05. The smallest absolute Gasteiger partial charge is 0.220 e. The van der Waals surface area contributed by atoms with Crippen LogP contribution in [0.5, 0.6) is 0 Å². The summed E-state index contributed by atoms with van der Waals surface area (Å²) in [5.74, 6) is 0.0958. The van der Waals surface area contributed by atoms with Crippen molar-refractivity contribution in [3.8, 4) is 0 Å². The van der Waals surface area contributed by atoms with E-state index in [1.165, 1.54) is 21.9 Å². The molecule has 2 heteroatoms. The van der Waals surface area contributed by atoms with E-state index >= 15 is 0 Å². The van der Waals surface area contributed by atoms with E-state index in [0.717, 1.165) is 12.0 Å². The molecule has 116 valence electrons. The molecule has 3 aromatic rings. The third kappa shape index (κ3) is 3.98. The van der Waals surface area contributed by atoms with Gasteiger partial charge in [-0.1, -0.05) is 72.3 Å². The fourth-order valence-electron chi connectivity index (χ4n) is 2.75. The number of carbonyl (C=O) groups is 1. The molecule has 0 aliphatic heterocycles. The van der Waals surface area contributed by atoms with Gasteiger partial charge in [-0.15, -0.1) is 0 Å². The summed E-state index contributed by atoms with van der Waals surface area (Å²) in [4.78, 5) is 12.1. The Morgan fingerprint density at radius 2 is 1.65 bits per heavy atom. The molecule has 0 atom stereocenters. The summed E-state index contributed by atoms with van der Waals surface area (Å²) in [7, 11) is 0. The van der Waals surface area contributed by atoms with Crippen molar-refractivity contribution in [1.82, 2.24) is 5.32 Å². The Balaban J connectivity index is 1.57. The van der Waals surface area contributed by atoms with Crippen molar-refractivity contribution in [1.29, 1.82) is 0 Å². The predicted molar refractivity (Wildman–Crippen MR) is 95.3 cm³/mol. The van der Waals surface area contributed by atoms with Crippen LogP contribution < -0.4 is 5.32 Å². The Morgan fingerprint density at radius 3 is 2.48 bits per heavy atom. The molecule has 0 aliphatic carbocycles. The number of carbonyl (C=O) groups excluding carboxylic acids is 1. The number of amides is 1. The molecule has 0 saturated carbocycles. The van der Waals surface area contributed by atoms with Crippen molar-refractivity contribution >= 4 is 16.7 Å². The zero-order valence-corrected chi connectivity index (χ0v) is 13.4. The lowest BCUT2D eigenvalue weighted by Gasteiger charge is -2.08. The quantitative estimate of drug-likeness (QED) is 0.744. The monoisotopic (exact) mass is 303 g/mol. The SMILES string of the molecule is Cc1ccc(CNC(=O)CCc2cccc3ccccc23)cc1. The summed E-state index contributed by atoms with van der Waals surface area (Å²) in [6.45, 7) is 2.65. The van der Waals surface area contributed by atoms with E-state index in [-0.39, 0.29) is 5.91 Å². The summed E-state index contributed by atoms with van der Waals surface area (Å²) in [5.41, 5.74) is 3.60. The lowest BCUT2D eigenvalue weighted by molar-refractivity contribution is -0.121. The Bertz CT molecular complexity index is 800. The van der Waals surface area contributed by atoms with Crippen molar-refractivity contribution in [2.75, 3.05) is 0 Å². The van der Waals surface area contributed by atoms with E-state index in [1.807, 2.05) is 12.1 Å². The Morgan fingerprint density at radius 1 is 0.913 bits per heavy atom. The number of hydrogen-bond acceptors (Lipinski definition) is 1. The van der Waals surface area contributed by atoms with Gasteiger partial charge < -0.3 is 5.32 Å². The maximum atomic E-state index is 12.1. The highest BCUT2D eigenvalue weighted by atomic mass is 16.1. The van der Waals surface area contributed by atoms with E-state index in [9.17, 15) is 4.79 Å². The zero-order valence-electron chi connectivity index (χ0n) is 13.4. The molecule has 0 spiro atoms. The lowest BCUT2D eigenvalue weighted by atomic mass is 10.0. The second-order valence-electron chi connectivity index (χ2n) is 5.90. The number of rotatable bonds is 5. The summed E-state index contributed by atoms with van der Waals surface area (Å²) < 4.78 is 0. The molecule has 23 heavy (non-hydrogen) atoms. The molecule has 1 amide bonds. The van der Waals surface area contributed by atoms with Gasteiger partial charge in [0.15, 0.2) is 0 Å². The second-order valence-corrected chi connectivity index (χ2v) is 5.90. The van der Waals surface area contributed by atoms with Crippen molar-refractivity contribution in [3.05, 3.63) is 83.4 Å². The number of fused-ring (bicyclic) bond motifs is 1. The molecular weight excluding hydrogens is 282 g/mol. The van der Waals surface area contributed by atoms with Crippen LogP contribution in [0.15, 0.2) is 66.7 Å². The van der Waals surface area contributed by atoms with E-state index in [4.69, 9.17) is 0 Å². The first-order chi connectivity index (χ1) is 11.2. The average molecular weight is 303 g/mol. The van der Waals surface area contributed by atoms with Crippen molar-refractivity contribution < 1.29 is 4.79 Å². The number of nitrogens with one attached hydrogen (secondary N) is 1. The highest BCUT2D eigenvalue weighted by Crippen LogP contribution is 2.19. The van der Waals surface area contributed by atoms with Gasteiger partial charge >= 0.3 is 0 Å². The Kier molecular flexibility index (Phi) is 4.72. The highest BCUT2D eigenvalue weighted by molar-refractivity contribution is 5.86. The molecule has 0 aliphatic rings.